The van der Waals surface area contributed by atoms with Gasteiger partial charge in [-0.25, -0.2) is 0 Å². The maximum atomic E-state index is 10.3. The van der Waals surface area contributed by atoms with Gasteiger partial charge in [0, 0.05) is 18.7 Å². The molecular formula is C11H21NO2. The summed E-state index contributed by atoms with van der Waals surface area (Å²) in [6.07, 6.45) is 5.21. The molecule has 2 atom stereocenters. The normalized spacial score (nSPS) is 41.6. The van der Waals surface area contributed by atoms with Crippen LogP contribution in [0.2, 0.25) is 0 Å². The van der Waals surface area contributed by atoms with E-state index in [9.17, 15) is 5.11 Å². The smallest absolute Gasteiger partial charge is 0.0909 e. The van der Waals surface area contributed by atoms with E-state index in [0.717, 1.165) is 25.9 Å². The SMILES string of the molecule is CCCOCC1(O)CC2CCC(C1)N2. The molecule has 2 N–H and O–H groups in total. The lowest BCUT2D eigenvalue weighted by atomic mass is 9.88. The van der Waals surface area contributed by atoms with Crippen molar-refractivity contribution in [2.75, 3.05) is 13.2 Å². The molecule has 0 amide bonds. The van der Waals surface area contributed by atoms with Gasteiger partial charge in [-0.1, -0.05) is 6.92 Å². The zero-order valence-corrected chi connectivity index (χ0v) is 8.96. The zero-order valence-electron chi connectivity index (χ0n) is 8.96. The molecule has 2 aliphatic heterocycles. The summed E-state index contributed by atoms with van der Waals surface area (Å²) in [6.45, 7) is 3.39. The Kier molecular flexibility index (Phi) is 3.10. The highest BCUT2D eigenvalue weighted by Gasteiger charge is 2.42. The van der Waals surface area contributed by atoms with E-state index in [1.807, 2.05) is 0 Å². The number of rotatable bonds is 4. The molecule has 2 unspecified atom stereocenters. The summed E-state index contributed by atoms with van der Waals surface area (Å²) in [5, 5.41) is 13.8. The Labute approximate surface area is 85.8 Å². The van der Waals surface area contributed by atoms with Crippen molar-refractivity contribution < 1.29 is 9.84 Å². The molecule has 0 aromatic carbocycles. The van der Waals surface area contributed by atoms with Crippen molar-refractivity contribution in [1.29, 1.82) is 0 Å². The second-order valence-electron chi connectivity index (χ2n) is 4.82. The van der Waals surface area contributed by atoms with Crippen molar-refractivity contribution in [2.24, 2.45) is 0 Å². The Balaban J connectivity index is 1.83. The quantitative estimate of drug-likeness (QED) is 0.665. The molecule has 82 valence electrons. The third-order valence-electron chi connectivity index (χ3n) is 3.31. The largest absolute Gasteiger partial charge is 0.387 e. The van der Waals surface area contributed by atoms with Gasteiger partial charge in [0.05, 0.1) is 12.2 Å². The summed E-state index contributed by atoms with van der Waals surface area (Å²) in [5.41, 5.74) is -0.549. The van der Waals surface area contributed by atoms with Crippen LogP contribution >= 0.6 is 0 Å². The highest BCUT2D eigenvalue weighted by atomic mass is 16.5. The van der Waals surface area contributed by atoms with E-state index in [2.05, 4.69) is 12.2 Å². The van der Waals surface area contributed by atoms with E-state index in [4.69, 9.17) is 4.74 Å². The van der Waals surface area contributed by atoms with Crippen molar-refractivity contribution in [3.05, 3.63) is 0 Å². The lowest BCUT2D eigenvalue weighted by Crippen LogP contribution is -2.50. The van der Waals surface area contributed by atoms with Crippen LogP contribution in [-0.4, -0.2) is 36.0 Å². The number of aliphatic hydroxyl groups is 1. The molecule has 2 aliphatic rings. The minimum atomic E-state index is -0.549. The monoisotopic (exact) mass is 199 g/mol. The minimum absolute atomic E-state index is 0.523. The van der Waals surface area contributed by atoms with Crippen LogP contribution < -0.4 is 5.32 Å². The molecule has 2 bridgehead atoms. The first kappa shape index (κ1) is 10.4. The van der Waals surface area contributed by atoms with Crippen molar-refractivity contribution in [1.82, 2.24) is 5.32 Å². The Morgan fingerprint density at radius 2 is 2.00 bits per heavy atom. The minimum Gasteiger partial charge on any atom is -0.387 e. The van der Waals surface area contributed by atoms with Gasteiger partial charge in [0.15, 0.2) is 0 Å². The number of piperidine rings is 1. The van der Waals surface area contributed by atoms with Gasteiger partial charge in [-0.15, -0.1) is 0 Å². The van der Waals surface area contributed by atoms with Crippen LogP contribution in [0.1, 0.15) is 39.0 Å². The molecule has 2 saturated heterocycles. The van der Waals surface area contributed by atoms with E-state index >= 15 is 0 Å². The number of fused-ring (bicyclic) bond motifs is 2. The molecule has 0 aromatic heterocycles. The molecule has 2 heterocycles. The first-order valence-corrected chi connectivity index (χ1v) is 5.78. The summed E-state index contributed by atoms with van der Waals surface area (Å²) in [6, 6.07) is 1.06. The van der Waals surface area contributed by atoms with E-state index in [1.165, 1.54) is 12.8 Å². The molecule has 3 nitrogen and oxygen atoms in total. The first-order chi connectivity index (χ1) is 6.72. The summed E-state index contributed by atoms with van der Waals surface area (Å²) < 4.78 is 5.47. The van der Waals surface area contributed by atoms with Gasteiger partial charge < -0.3 is 15.2 Å². The van der Waals surface area contributed by atoms with E-state index in [1.54, 1.807) is 0 Å². The maximum Gasteiger partial charge on any atom is 0.0909 e. The third kappa shape index (κ3) is 2.27. The lowest BCUT2D eigenvalue weighted by molar-refractivity contribution is -0.0743. The Morgan fingerprint density at radius 1 is 1.36 bits per heavy atom. The summed E-state index contributed by atoms with van der Waals surface area (Å²) in [7, 11) is 0. The molecule has 14 heavy (non-hydrogen) atoms. The van der Waals surface area contributed by atoms with Crippen LogP contribution in [0.5, 0.6) is 0 Å². The van der Waals surface area contributed by atoms with Crippen LogP contribution in [0.4, 0.5) is 0 Å². The van der Waals surface area contributed by atoms with Gasteiger partial charge in [-0.2, -0.15) is 0 Å². The Hall–Kier alpha value is -0.120. The van der Waals surface area contributed by atoms with Crippen molar-refractivity contribution >= 4 is 0 Å². The van der Waals surface area contributed by atoms with Crippen LogP contribution in [0, 0.1) is 0 Å². The molecule has 0 radical (unpaired) electrons. The van der Waals surface area contributed by atoms with Gasteiger partial charge in [0.25, 0.3) is 0 Å². The first-order valence-electron chi connectivity index (χ1n) is 5.78. The summed E-state index contributed by atoms with van der Waals surface area (Å²) >= 11 is 0. The van der Waals surface area contributed by atoms with Crippen LogP contribution in [0.25, 0.3) is 0 Å². The summed E-state index contributed by atoms with van der Waals surface area (Å²) in [5.74, 6) is 0. The fourth-order valence-electron chi connectivity index (χ4n) is 2.75. The standard InChI is InChI=1S/C11H21NO2/c1-2-5-14-8-11(13)6-9-3-4-10(7-11)12-9/h9-10,12-13H,2-8H2,1H3. The van der Waals surface area contributed by atoms with Crippen LogP contribution in [0.15, 0.2) is 0 Å². The lowest BCUT2D eigenvalue weighted by Gasteiger charge is -2.36. The van der Waals surface area contributed by atoms with Gasteiger partial charge in [0.2, 0.25) is 0 Å². The highest BCUT2D eigenvalue weighted by molar-refractivity contribution is 4.99. The maximum absolute atomic E-state index is 10.3. The van der Waals surface area contributed by atoms with E-state index in [-0.39, 0.29) is 0 Å². The molecule has 0 aliphatic carbocycles. The Bertz CT molecular complexity index is 184. The van der Waals surface area contributed by atoms with Crippen LogP contribution in [-0.2, 0) is 4.74 Å². The van der Waals surface area contributed by atoms with Crippen LogP contribution in [0.3, 0.4) is 0 Å². The number of hydrogen-bond donors (Lipinski definition) is 2. The molecular weight excluding hydrogens is 178 g/mol. The molecule has 0 spiro atoms. The number of hydrogen-bond acceptors (Lipinski definition) is 3. The Morgan fingerprint density at radius 3 is 2.57 bits per heavy atom. The molecule has 2 fully saturated rings. The third-order valence-corrected chi connectivity index (χ3v) is 3.31. The second-order valence-corrected chi connectivity index (χ2v) is 4.82. The van der Waals surface area contributed by atoms with E-state index in [0.29, 0.717) is 18.7 Å². The fourth-order valence-corrected chi connectivity index (χ4v) is 2.75. The molecule has 2 rings (SSSR count). The zero-order chi connectivity index (χ0) is 10.0. The summed E-state index contributed by atoms with van der Waals surface area (Å²) in [4.78, 5) is 0. The highest BCUT2D eigenvalue weighted by Crippen LogP contribution is 2.33. The second kappa shape index (κ2) is 4.17. The van der Waals surface area contributed by atoms with Gasteiger partial charge in [-0.05, 0) is 32.1 Å². The van der Waals surface area contributed by atoms with E-state index < -0.39 is 5.60 Å². The fraction of sp³-hybridized carbons (Fsp3) is 1.00. The number of nitrogens with one attached hydrogen (secondary N) is 1. The average Bonchev–Trinajstić information content (AvgIpc) is 2.46. The molecule has 0 saturated carbocycles. The topological polar surface area (TPSA) is 41.5 Å². The average molecular weight is 199 g/mol. The van der Waals surface area contributed by atoms with Gasteiger partial charge in [-0.3, -0.25) is 0 Å². The van der Waals surface area contributed by atoms with Crippen molar-refractivity contribution in [3.63, 3.8) is 0 Å². The van der Waals surface area contributed by atoms with Crippen molar-refractivity contribution in [3.8, 4) is 0 Å². The molecule has 0 aromatic rings. The predicted octanol–water partition coefficient (Wildman–Crippen LogP) is 1.06. The molecule has 3 heteroatoms. The van der Waals surface area contributed by atoms with Crippen molar-refractivity contribution in [2.45, 2.75) is 56.7 Å². The number of ether oxygens (including phenoxy) is 1. The van der Waals surface area contributed by atoms with Gasteiger partial charge in [0.1, 0.15) is 0 Å². The predicted molar refractivity (Wildman–Crippen MR) is 55.2 cm³/mol. The van der Waals surface area contributed by atoms with Gasteiger partial charge >= 0.3 is 0 Å².